The Kier molecular flexibility index (Phi) is 3.99. The van der Waals surface area contributed by atoms with Crippen molar-refractivity contribution in [3.63, 3.8) is 0 Å². The van der Waals surface area contributed by atoms with Gasteiger partial charge in [-0.3, -0.25) is 9.69 Å². The number of primary amides is 1. The minimum absolute atomic E-state index is 0.0920. The van der Waals surface area contributed by atoms with E-state index in [1.54, 1.807) is 9.80 Å². The van der Waals surface area contributed by atoms with Crippen molar-refractivity contribution in [1.82, 2.24) is 9.80 Å². The fourth-order valence-electron chi connectivity index (χ4n) is 4.78. The molecule has 3 aliphatic rings. The molecule has 6 nitrogen and oxygen atoms in total. The molecule has 0 aromatic heterocycles. The van der Waals surface area contributed by atoms with Gasteiger partial charge in [0.2, 0.25) is 5.91 Å². The van der Waals surface area contributed by atoms with Crippen molar-refractivity contribution >= 4 is 17.6 Å². The Labute approximate surface area is 154 Å². The number of carbonyl (C=O) groups excluding carboxylic acids is 2. The van der Waals surface area contributed by atoms with Gasteiger partial charge in [-0.1, -0.05) is 12.1 Å². The van der Waals surface area contributed by atoms with Crippen molar-refractivity contribution in [2.45, 2.75) is 43.1 Å². The number of amides is 3. The number of nitrogens with zero attached hydrogens (tertiary/aromatic N) is 3. The van der Waals surface area contributed by atoms with Crippen molar-refractivity contribution in [3.8, 4) is 0 Å². The summed E-state index contributed by atoms with van der Waals surface area (Å²) in [5.74, 6) is -0.382. The van der Waals surface area contributed by atoms with Crippen LogP contribution < -0.4 is 10.6 Å². The predicted molar refractivity (Wildman–Crippen MR) is 101 cm³/mol. The fraction of sp³-hybridized carbons (Fsp3) is 0.600. The first-order chi connectivity index (χ1) is 12.4. The summed E-state index contributed by atoms with van der Waals surface area (Å²) >= 11 is 0. The lowest BCUT2D eigenvalue weighted by Crippen LogP contribution is -2.58. The van der Waals surface area contributed by atoms with Crippen LogP contribution in [0.15, 0.2) is 24.3 Å². The molecule has 2 heterocycles. The van der Waals surface area contributed by atoms with Crippen LogP contribution in [0.2, 0.25) is 0 Å². The average Bonchev–Trinajstić information content (AvgIpc) is 3.32. The van der Waals surface area contributed by atoms with E-state index in [1.165, 1.54) is 18.4 Å². The first-order valence-electron chi connectivity index (χ1n) is 9.52. The van der Waals surface area contributed by atoms with Gasteiger partial charge in [0.15, 0.2) is 0 Å². The number of nitrogens with two attached hydrogens (primary N) is 1. The highest BCUT2D eigenvalue weighted by atomic mass is 16.2. The van der Waals surface area contributed by atoms with Gasteiger partial charge in [0, 0.05) is 24.2 Å². The van der Waals surface area contributed by atoms with Crippen molar-refractivity contribution in [2.75, 3.05) is 38.6 Å². The van der Waals surface area contributed by atoms with Crippen LogP contribution in [0, 0.1) is 0 Å². The quantitative estimate of drug-likeness (QED) is 0.876. The van der Waals surface area contributed by atoms with E-state index >= 15 is 0 Å². The van der Waals surface area contributed by atoms with Crippen LogP contribution in [-0.2, 0) is 10.2 Å². The zero-order valence-corrected chi connectivity index (χ0v) is 15.7. The molecule has 3 fully saturated rings. The van der Waals surface area contributed by atoms with Crippen molar-refractivity contribution < 1.29 is 9.59 Å². The number of anilines is 1. The maximum Gasteiger partial charge on any atom is 0.325 e. The second-order valence-electron chi connectivity index (χ2n) is 8.44. The van der Waals surface area contributed by atoms with Crippen molar-refractivity contribution in [2.24, 2.45) is 5.73 Å². The molecule has 1 aromatic carbocycles. The molecule has 2 aliphatic heterocycles. The van der Waals surface area contributed by atoms with Crippen LogP contribution in [0.25, 0.3) is 0 Å². The minimum atomic E-state index is -0.837. The zero-order chi connectivity index (χ0) is 18.5. The highest BCUT2D eigenvalue weighted by Gasteiger charge is 2.55. The summed E-state index contributed by atoms with van der Waals surface area (Å²) in [6.07, 6.45) is 4.96. The van der Waals surface area contributed by atoms with E-state index in [-0.39, 0.29) is 17.4 Å². The SMILES string of the molecule is CN(C)CC1(c2ccc(N3C[C@@]4(C(N)=O)CCCCN4C3=O)cc2)CC1. The minimum Gasteiger partial charge on any atom is -0.368 e. The third-order valence-corrected chi connectivity index (χ3v) is 6.34. The molecule has 1 aromatic rings. The Bertz CT molecular complexity index is 726. The number of benzene rings is 1. The molecule has 0 unspecified atom stereocenters. The summed E-state index contributed by atoms with van der Waals surface area (Å²) in [5, 5.41) is 0. The molecule has 6 heteroatoms. The van der Waals surface area contributed by atoms with Gasteiger partial charge in [0.25, 0.3) is 0 Å². The van der Waals surface area contributed by atoms with Gasteiger partial charge in [-0.2, -0.15) is 0 Å². The summed E-state index contributed by atoms with van der Waals surface area (Å²) in [6, 6.07) is 8.25. The summed E-state index contributed by atoms with van der Waals surface area (Å²) in [6.45, 7) is 2.03. The lowest BCUT2D eigenvalue weighted by atomic mass is 9.87. The molecule has 0 radical (unpaired) electrons. The second-order valence-corrected chi connectivity index (χ2v) is 8.44. The summed E-state index contributed by atoms with van der Waals surface area (Å²) in [7, 11) is 4.22. The number of hydrogen-bond donors (Lipinski definition) is 1. The van der Waals surface area contributed by atoms with Crippen LogP contribution in [0.4, 0.5) is 10.5 Å². The van der Waals surface area contributed by atoms with E-state index < -0.39 is 5.54 Å². The zero-order valence-electron chi connectivity index (χ0n) is 15.7. The summed E-state index contributed by atoms with van der Waals surface area (Å²) < 4.78 is 0. The Morgan fingerprint density at radius 3 is 2.38 bits per heavy atom. The lowest BCUT2D eigenvalue weighted by Gasteiger charge is -2.37. The lowest BCUT2D eigenvalue weighted by molar-refractivity contribution is -0.128. The first-order valence-corrected chi connectivity index (χ1v) is 9.52. The van der Waals surface area contributed by atoms with E-state index in [2.05, 4.69) is 31.1 Å². The Morgan fingerprint density at radius 1 is 1.15 bits per heavy atom. The topological polar surface area (TPSA) is 69.9 Å². The molecule has 1 atom stereocenters. The molecule has 26 heavy (non-hydrogen) atoms. The molecule has 1 aliphatic carbocycles. The molecular formula is C20H28N4O2. The molecule has 140 valence electrons. The van der Waals surface area contributed by atoms with E-state index in [0.29, 0.717) is 19.5 Å². The van der Waals surface area contributed by atoms with E-state index in [4.69, 9.17) is 5.73 Å². The number of hydrogen-bond acceptors (Lipinski definition) is 3. The maximum absolute atomic E-state index is 12.9. The van der Waals surface area contributed by atoms with Gasteiger partial charge in [-0.15, -0.1) is 0 Å². The van der Waals surface area contributed by atoms with Gasteiger partial charge < -0.3 is 15.5 Å². The number of likely N-dealkylation sites (N-methyl/N-ethyl adjacent to an activating group) is 1. The van der Waals surface area contributed by atoms with Crippen LogP contribution in [0.3, 0.4) is 0 Å². The highest BCUT2D eigenvalue weighted by molar-refractivity contribution is 6.02. The number of fused-ring (bicyclic) bond motifs is 1. The summed E-state index contributed by atoms with van der Waals surface area (Å²) in [4.78, 5) is 30.8. The first kappa shape index (κ1) is 17.3. The van der Waals surface area contributed by atoms with Crippen molar-refractivity contribution in [1.29, 1.82) is 0 Å². The molecule has 3 amide bonds. The van der Waals surface area contributed by atoms with E-state index in [9.17, 15) is 9.59 Å². The Balaban J connectivity index is 1.58. The standard InChI is InChI=1S/C20H28N4O2/c1-22(2)13-19(10-11-19)15-5-7-16(8-6-15)23-14-20(17(21)25)9-3-4-12-24(20)18(23)26/h5-8H,3-4,9-14H2,1-2H3,(H2,21,25)/t20-/m1/s1. The normalized spacial score (nSPS) is 27.0. The summed E-state index contributed by atoms with van der Waals surface area (Å²) in [5.41, 5.74) is 7.34. The van der Waals surface area contributed by atoms with Gasteiger partial charge in [0.05, 0.1) is 6.54 Å². The Morgan fingerprint density at radius 2 is 1.85 bits per heavy atom. The van der Waals surface area contributed by atoms with Gasteiger partial charge >= 0.3 is 6.03 Å². The number of urea groups is 1. The molecule has 2 saturated heterocycles. The third kappa shape index (κ3) is 2.58. The van der Waals surface area contributed by atoms with E-state index in [1.807, 2.05) is 12.1 Å². The predicted octanol–water partition coefficient (Wildman–Crippen LogP) is 1.93. The monoisotopic (exact) mass is 356 g/mol. The third-order valence-electron chi connectivity index (χ3n) is 6.34. The van der Waals surface area contributed by atoms with Crippen LogP contribution in [0.1, 0.15) is 37.7 Å². The molecule has 1 saturated carbocycles. The van der Waals surface area contributed by atoms with Gasteiger partial charge in [0.1, 0.15) is 5.54 Å². The van der Waals surface area contributed by atoms with Crippen LogP contribution in [-0.4, -0.2) is 61.0 Å². The fourth-order valence-corrected chi connectivity index (χ4v) is 4.78. The number of piperidine rings is 1. The highest BCUT2D eigenvalue weighted by Crippen LogP contribution is 2.49. The molecule has 0 spiro atoms. The molecule has 4 rings (SSSR count). The second kappa shape index (κ2) is 5.98. The molecular weight excluding hydrogens is 328 g/mol. The number of rotatable bonds is 5. The van der Waals surface area contributed by atoms with Crippen LogP contribution >= 0.6 is 0 Å². The van der Waals surface area contributed by atoms with Crippen LogP contribution in [0.5, 0.6) is 0 Å². The maximum atomic E-state index is 12.9. The Hall–Kier alpha value is -2.08. The number of carbonyl (C=O) groups is 2. The van der Waals surface area contributed by atoms with E-state index in [0.717, 1.165) is 25.1 Å². The largest absolute Gasteiger partial charge is 0.368 e. The average molecular weight is 356 g/mol. The van der Waals surface area contributed by atoms with Gasteiger partial charge in [-0.05, 0) is 63.9 Å². The smallest absolute Gasteiger partial charge is 0.325 e. The molecule has 0 bridgehead atoms. The van der Waals surface area contributed by atoms with Gasteiger partial charge in [-0.25, -0.2) is 4.79 Å². The molecule has 2 N–H and O–H groups in total. The van der Waals surface area contributed by atoms with Crippen molar-refractivity contribution in [3.05, 3.63) is 29.8 Å².